The summed E-state index contributed by atoms with van der Waals surface area (Å²) in [7, 11) is -3.60. The molecule has 2 heterocycles. The highest BCUT2D eigenvalue weighted by Gasteiger charge is 2.49. The Labute approximate surface area is 188 Å². The first-order valence-corrected chi connectivity index (χ1v) is 12.1. The van der Waals surface area contributed by atoms with Crippen LogP contribution in [-0.2, 0) is 20.4 Å². The van der Waals surface area contributed by atoms with Crippen LogP contribution in [0.25, 0.3) is 0 Å². The summed E-state index contributed by atoms with van der Waals surface area (Å²) in [6.45, 7) is 6.97. The number of nitrogens with zero attached hydrogens (tertiary/aromatic N) is 3. The summed E-state index contributed by atoms with van der Waals surface area (Å²) in [6, 6.07) is 14.1. The van der Waals surface area contributed by atoms with E-state index >= 15 is 0 Å². The average molecular weight is 457 g/mol. The molecule has 2 saturated heterocycles. The number of benzene rings is 2. The summed E-state index contributed by atoms with van der Waals surface area (Å²) in [5.41, 5.74) is 1.24. The van der Waals surface area contributed by atoms with Crippen LogP contribution in [0.1, 0.15) is 23.6 Å². The highest BCUT2D eigenvalue weighted by atomic mass is 32.2. The van der Waals surface area contributed by atoms with Gasteiger partial charge in [0.25, 0.3) is 5.91 Å². The molecule has 2 aromatic carbocycles. The number of nitrogens with one attached hydrogen (secondary N) is 1. The van der Waals surface area contributed by atoms with E-state index in [4.69, 9.17) is 0 Å². The van der Waals surface area contributed by atoms with E-state index in [2.05, 4.69) is 5.32 Å². The molecule has 170 valence electrons. The van der Waals surface area contributed by atoms with Gasteiger partial charge in [-0.3, -0.25) is 9.69 Å². The van der Waals surface area contributed by atoms with Gasteiger partial charge in [0.15, 0.2) is 0 Å². The van der Waals surface area contributed by atoms with Crippen molar-refractivity contribution in [3.63, 3.8) is 0 Å². The molecule has 32 heavy (non-hydrogen) atoms. The van der Waals surface area contributed by atoms with E-state index in [0.29, 0.717) is 31.1 Å². The predicted molar refractivity (Wildman–Crippen MR) is 120 cm³/mol. The number of imide groups is 1. The number of urea groups is 1. The smallest absolute Gasteiger partial charge is 0.319 e. The van der Waals surface area contributed by atoms with Crippen molar-refractivity contribution in [3.8, 4) is 0 Å². The van der Waals surface area contributed by atoms with E-state index < -0.39 is 21.6 Å². The molecule has 0 bridgehead atoms. The number of amides is 3. The van der Waals surface area contributed by atoms with E-state index in [9.17, 15) is 18.0 Å². The number of hydrogen-bond donors (Lipinski definition) is 1. The quantitative estimate of drug-likeness (QED) is 0.696. The molecule has 0 unspecified atom stereocenters. The lowest BCUT2D eigenvalue weighted by molar-refractivity contribution is -0.132. The number of sulfonamides is 1. The molecule has 3 amide bonds. The van der Waals surface area contributed by atoms with E-state index in [-0.39, 0.29) is 12.6 Å². The molecule has 9 heteroatoms. The number of rotatable bonds is 5. The van der Waals surface area contributed by atoms with Gasteiger partial charge >= 0.3 is 6.03 Å². The van der Waals surface area contributed by atoms with Gasteiger partial charge in [0, 0.05) is 26.2 Å². The third kappa shape index (κ3) is 3.92. The lowest BCUT2D eigenvalue weighted by Gasteiger charge is -2.35. The Morgan fingerprint density at radius 3 is 2.28 bits per heavy atom. The van der Waals surface area contributed by atoms with E-state index in [1.807, 2.05) is 54.3 Å². The molecule has 0 aliphatic carbocycles. The summed E-state index contributed by atoms with van der Waals surface area (Å²) in [5.74, 6) is -0.306. The monoisotopic (exact) mass is 456 g/mol. The summed E-state index contributed by atoms with van der Waals surface area (Å²) in [5, 5.41) is 2.81. The first-order valence-electron chi connectivity index (χ1n) is 10.6. The minimum atomic E-state index is -3.60. The second-order valence-electron chi connectivity index (χ2n) is 8.59. The van der Waals surface area contributed by atoms with Gasteiger partial charge < -0.3 is 5.32 Å². The average Bonchev–Trinajstić information content (AvgIpc) is 3.00. The van der Waals surface area contributed by atoms with Crippen molar-refractivity contribution >= 4 is 22.0 Å². The fraction of sp³-hybridized carbons (Fsp3) is 0.391. The maximum Gasteiger partial charge on any atom is 0.326 e. The third-order valence-electron chi connectivity index (χ3n) is 6.26. The molecule has 8 nitrogen and oxygen atoms in total. The van der Waals surface area contributed by atoms with Gasteiger partial charge in [-0.1, -0.05) is 42.5 Å². The maximum atomic E-state index is 13.1. The second-order valence-corrected chi connectivity index (χ2v) is 10.5. The van der Waals surface area contributed by atoms with Crippen LogP contribution in [0.5, 0.6) is 0 Å². The minimum Gasteiger partial charge on any atom is -0.319 e. The first-order chi connectivity index (χ1) is 15.1. The zero-order valence-electron chi connectivity index (χ0n) is 18.5. The van der Waals surface area contributed by atoms with Gasteiger partial charge in [-0.05, 0) is 43.5 Å². The molecule has 2 aliphatic rings. The minimum absolute atomic E-state index is 0.129. The van der Waals surface area contributed by atoms with Gasteiger partial charge in [0.1, 0.15) is 5.54 Å². The number of carbonyl (C=O) groups excluding carboxylic acids is 2. The third-order valence-corrected chi connectivity index (χ3v) is 8.30. The van der Waals surface area contributed by atoms with Gasteiger partial charge in [0.05, 0.1) is 11.6 Å². The SMILES string of the molecule is Cc1ccc(C)c(S(=O)(=O)N2CCN(CN3C(=O)N[C@@](C)(c4ccccc4)C3=O)CC2)c1. The zero-order chi connectivity index (χ0) is 23.1. The molecule has 0 spiro atoms. The molecular formula is C23H28N4O4S. The van der Waals surface area contributed by atoms with Crippen LogP contribution in [0.2, 0.25) is 0 Å². The number of hydrogen-bond acceptors (Lipinski definition) is 5. The number of piperazine rings is 1. The zero-order valence-corrected chi connectivity index (χ0v) is 19.4. The predicted octanol–water partition coefficient (Wildman–Crippen LogP) is 2.03. The van der Waals surface area contributed by atoms with Gasteiger partial charge in [0.2, 0.25) is 10.0 Å². The van der Waals surface area contributed by atoms with Crippen molar-refractivity contribution in [1.82, 2.24) is 19.4 Å². The molecule has 1 N–H and O–H groups in total. The molecule has 0 radical (unpaired) electrons. The Balaban J connectivity index is 1.43. The molecule has 2 fully saturated rings. The van der Waals surface area contributed by atoms with E-state index in [1.54, 1.807) is 19.9 Å². The lowest BCUT2D eigenvalue weighted by Crippen LogP contribution is -2.52. The van der Waals surface area contributed by atoms with Crippen LogP contribution in [0, 0.1) is 13.8 Å². The van der Waals surface area contributed by atoms with Crippen molar-refractivity contribution < 1.29 is 18.0 Å². The Hall–Kier alpha value is -2.75. The lowest BCUT2D eigenvalue weighted by atomic mass is 9.92. The summed E-state index contributed by atoms with van der Waals surface area (Å²) in [6.07, 6.45) is 0. The fourth-order valence-corrected chi connectivity index (χ4v) is 5.96. The van der Waals surface area contributed by atoms with Gasteiger partial charge in [-0.2, -0.15) is 4.31 Å². The first kappa shape index (κ1) is 22.4. The summed E-state index contributed by atoms with van der Waals surface area (Å²) >= 11 is 0. The van der Waals surface area contributed by atoms with Crippen LogP contribution in [0.4, 0.5) is 4.79 Å². The molecule has 1 atom stereocenters. The van der Waals surface area contributed by atoms with Gasteiger partial charge in [-0.15, -0.1) is 0 Å². The number of carbonyl (C=O) groups is 2. The van der Waals surface area contributed by atoms with Crippen molar-refractivity contribution in [3.05, 3.63) is 65.2 Å². The molecule has 2 aliphatic heterocycles. The maximum absolute atomic E-state index is 13.1. The van der Waals surface area contributed by atoms with Crippen molar-refractivity contribution in [2.75, 3.05) is 32.8 Å². The molecular weight excluding hydrogens is 428 g/mol. The van der Waals surface area contributed by atoms with Crippen molar-refractivity contribution in [2.24, 2.45) is 0 Å². The van der Waals surface area contributed by atoms with Crippen LogP contribution in [-0.4, -0.2) is 67.3 Å². The largest absolute Gasteiger partial charge is 0.326 e. The Bertz CT molecular complexity index is 1140. The van der Waals surface area contributed by atoms with Crippen molar-refractivity contribution in [1.29, 1.82) is 0 Å². The van der Waals surface area contributed by atoms with Gasteiger partial charge in [-0.25, -0.2) is 18.1 Å². The Kier molecular flexibility index (Phi) is 5.83. The summed E-state index contributed by atoms with van der Waals surface area (Å²) < 4.78 is 27.8. The van der Waals surface area contributed by atoms with Crippen LogP contribution < -0.4 is 5.32 Å². The molecule has 0 saturated carbocycles. The Morgan fingerprint density at radius 2 is 1.62 bits per heavy atom. The van der Waals surface area contributed by atoms with E-state index in [0.717, 1.165) is 16.7 Å². The standard InChI is InChI=1S/C23H28N4O4S/c1-17-9-10-18(2)20(15-17)32(30,31)26-13-11-25(12-14-26)16-27-21(28)23(3,24-22(27)29)19-7-5-4-6-8-19/h4-10,15H,11-14,16H2,1-3H3,(H,24,29)/t23-/m0/s1. The fourth-order valence-electron chi connectivity index (χ4n) is 4.23. The topological polar surface area (TPSA) is 90.0 Å². The second kappa shape index (κ2) is 8.31. The molecule has 2 aromatic rings. The normalized spacial score (nSPS) is 22.9. The summed E-state index contributed by atoms with van der Waals surface area (Å²) in [4.78, 5) is 29.2. The highest BCUT2D eigenvalue weighted by Crippen LogP contribution is 2.29. The van der Waals surface area contributed by atoms with Crippen LogP contribution in [0.3, 0.4) is 0 Å². The highest BCUT2D eigenvalue weighted by molar-refractivity contribution is 7.89. The number of aryl methyl sites for hydroxylation is 2. The molecule has 4 rings (SSSR count). The van der Waals surface area contributed by atoms with Crippen molar-refractivity contribution in [2.45, 2.75) is 31.2 Å². The molecule has 0 aromatic heterocycles. The van der Waals surface area contributed by atoms with E-state index in [1.165, 1.54) is 9.21 Å². The van der Waals surface area contributed by atoms with Crippen LogP contribution in [0.15, 0.2) is 53.4 Å². The Morgan fingerprint density at radius 1 is 0.969 bits per heavy atom. The van der Waals surface area contributed by atoms with Crippen LogP contribution >= 0.6 is 0 Å².